The maximum absolute atomic E-state index is 12.4. The minimum Gasteiger partial charge on any atom is -0.309 e. The second kappa shape index (κ2) is 6.27. The molecule has 1 aromatic rings. The van der Waals surface area contributed by atoms with Crippen molar-refractivity contribution < 1.29 is 8.42 Å². The summed E-state index contributed by atoms with van der Waals surface area (Å²) < 4.78 is 24.2. The lowest BCUT2D eigenvalue weighted by atomic mass is 10.0. The van der Waals surface area contributed by atoms with Crippen molar-refractivity contribution in [2.75, 3.05) is 12.3 Å². The summed E-state index contributed by atoms with van der Waals surface area (Å²) in [4.78, 5) is 0. The SMILES string of the molecule is CCNC(CS(=O)(=O)C(C)(C)C)c1ccc(C)cc1C. The van der Waals surface area contributed by atoms with Crippen LogP contribution in [0.5, 0.6) is 0 Å². The summed E-state index contributed by atoms with van der Waals surface area (Å²) in [6, 6.07) is 6.03. The van der Waals surface area contributed by atoms with E-state index in [4.69, 9.17) is 0 Å². The van der Waals surface area contributed by atoms with Crippen LogP contribution in [0.25, 0.3) is 0 Å². The zero-order valence-electron chi connectivity index (χ0n) is 13.4. The number of hydrogen-bond acceptors (Lipinski definition) is 3. The molecule has 0 aliphatic heterocycles. The highest BCUT2D eigenvalue weighted by Gasteiger charge is 2.32. The van der Waals surface area contributed by atoms with Gasteiger partial charge in [0.2, 0.25) is 0 Å². The minimum absolute atomic E-state index is 0.133. The molecule has 0 amide bonds. The number of hydrogen-bond donors (Lipinski definition) is 1. The highest BCUT2D eigenvalue weighted by atomic mass is 32.2. The van der Waals surface area contributed by atoms with Crippen molar-refractivity contribution in [3.05, 3.63) is 34.9 Å². The Balaban J connectivity index is 3.13. The van der Waals surface area contributed by atoms with Crippen molar-refractivity contribution >= 4 is 9.84 Å². The molecule has 0 aromatic heterocycles. The van der Waals surface area contributed by atoms with Crippen LogP contribution in [-0.4, -0.2) is 25.5 Å². The average molecular weight is 297 g/mol. The summed E-state index contributed by atoms with van der Waals surface area (Å²) in [5.41, 5.74) is 3.41. The van der Waals surface area contributed by atoms with E-state index in [2.05, 4.69) is 11.4 Å². The summed E-state index contributed by atoms with van der Waals surface area (Å²) in [5.74, 6) is 0.133. The van der Waals surface area contributed by atoms with Crippen molar-refractivity contribution in [1.82, 2.24) is 5.32 Å². The summed E-state index contributed by atoms with van der Waals surface area (Å²) in [7, 11) is -3.16. The second-order valence-electron chi connectivity index (χ2n) is 6.36. The van der Waals surface area contributed by atoms with Crippen LogP contribution in [0, 0.1) is 13.8 Å². The molecule has 0 heterocycles. The van der Waals surface area contributed by atoms with E-state index < -0.39 is 14.6 Å². The fourth-order valence-corrected chi connectivity index (χ4v) is 3.43. The van der Waals surface area contributed by atoms with E-state index >= 15 is 0 Å². The lowest BCUT2D eigenvalue weighted by molar-refractivity contribution is 0.533. The Morgan fingerprint density at radius 1 is 1.20 bits per heavy atom. The van der Waals surface area contributed by atoms with Crippen molar-refractivity contribution in [1.29, 1.82) is 0 Å². The van der Waals surface area contributed by atoms with Crippen molar-refractivity contribution in [3.8, 4) is 0 Å². The third kappa shape index (κ3) is 4.06. The Labute approximate surface area is 123 Å². The number of nitrogens with one attached hydrogen (secondary N) is 1. The van der Waals surface area contributed by atoms with Gasteiger partial charge in [-0.15, -0.1) is 0 Å². The van der Waals surface area contributed by atoms with Gasteiger partial charge in [-0.3, -0.25) is 0 Å². The van der Waals surface area contributed by atoms with Crippen LogP contribution in [0.1, 0.15) is 50.4 Å². The predicted molar refractivity (Wildman–Crippen MR) is 85.9 cm³/mol. The zero-order chi connectivity index (χ0) is 15.6. The lowest BCUT2D eigenvalue weighted by Crippen LogP contribution is -2.37. The van der Waals surface area contributed by atoms with Gasteiger partial charge in [-0.25, -0.2) is 8.42 Å². The van der Waals surface area contributed by atoms with Gasteiger partial charge in [0, 0.05) is 6.04 Å². The third-order valence-corrected chi connectivity index (χ3v) is 6.21. The van der Waals surface area contributed by atoms with Crippen LogP contribution in [0.15, 0.2) is 18.2 Å². The van der Waals surface area contributed by atoms with Gasteiger partial charge in [-0.1, -0.05) is 30.7 Å². The van der Waals surface area contributed by atoms with Crippen LogP contribution in [0.3, 0.4) is 0 Å². The topological polar surface area (TPSA) is 46.2 Å². The predicted octanol–water partition coefficient (Wildman–Crippen LogP) is 3.17. The number of rotatable bonds is 5. The molecule has 1 aromatic carbocycles. The first-order valence-corrected chi connectivity index (χ1v) is 8.76. The maximum Gasteiger partial charge on any atom is 0.157 e. The molecule has 114 valence electrons. The third-order valence-electron chi connectivity index (χ3n) is 3.57. The summed E-state index contributed by atoms with van der Waals surface area (Å²) in [6.45, 7) is 12.1. The van der Waals surface area contributed by atoms with E-state index in [1.54, 1.807) is 20.8 Å². The van der Waals surface area contributed by atoms with Crippen LogP contribution in [0.4, 0.5) is 0 Å². The van der Waals surface area contributed by atoms with Crippen molar-refractivity contribution in [3.63, 3.8) is 0 Å². The average Bonchev–Trinajstić information content (AvgIpc) is 2.26. The molecule has 1 atom stereocenters. The maximum atomic E-state index is 12.4. The summed E-state index contributed by atoms with van der Waals surface area (Å²) in [5, 5.41) is 3.31. The molecule has 0 bridgehead atoms. The van der Waals surface area contributed by atoms with Gasteiger partial charge in [0.15, 0.2) is 9.84 Å². The molecule has 3 nitrogen and oxygen atoms in total. The molecule has 4 heteroatoms. The van der Waals surface area contributed by atoms with E-state index in [-0.39, 0.29) is 11.8 Å². The van der Waals surface area contributed by atoms with E-state index in [9.17, 15) is 8.42 Å². The molecular weight excluding hydrogens is 270 g/mol. The largest absolute Gasteiger partial charge is 0.309 e. The Kier molecular flexibility index (Phi) is 5.39. The molecule has 0 aliphatic rings. The molecule has 0 saturated heterocycles. The molecule has 0 radical (unpaired) electrons. The van der Waals surface area contributed by atoms with Crippen molar-refractivity contribution in [2.45, 2.75) is 52.3 Å². The molecule has 0 fully saturated rings. The first-order valence-electron chi connectivity index (χ1n) is 7.11. The van der Waals surface area contributed by atoms with Gasteiger partial charge in [0.1, 0.15) is 0 Å². The van der Waals surface area contributed by atoms with Crippen LogP contribution >= 0.6 is 0 Å². The van der Waals surface area contributed by atoms with Gasteiger partial charge >= 0.3 is 0 Å². The smallest absolute Gasteiger partial charge is 0.157 e. The Morgan fingerprint density at radius 3 is 2.25 bits per heavy atom. The van der Waals surface area contributed by atoms with Crippen LogP contribution in [-0.2, 0) is 9.84 Å². The second-order valence-corrected chi connectivity index (χ2v) is 9.15. The van der Waals surface area contributed by atoms with Gasteiger partial charge in [-0.2, -0.15) is 0 Å². The molecule has 1 unspecified atom stereocenters. The fraction of sp³-hybridized carbons (Fsp3) is 0.625. The van der Waals surface area contributed by atoms with Gasteiger partial charge in [0.25, 0.3) is 0 Å². The number of aryl methyl sites for hydroxylation is 2. The van der Waals surface area contributed by atoms with Gasteiger partial charge in [-0.05, 0) is 52.3 Å². The molecule has 1 N–H and O–H groups in total. The van der Waals surface area contributed by atoms with Crippen LogP contribution in [0.2, 0.25) is 0 Å². The molecule has 0 aliphatic carbocycles. The number of benzene rings is 1. The molecule has 20 heavy (non-hydrogen) atoms. The zero-order valence-corrected chi connectivity index (χ0v) is 14.3. The Morgan fingerprint density at radius 2 is 1.80 bits per heavy atom. The quantitative estimate of drug-likeness (QED) is 0.908. The van der Waals surface area contributed by atoms with E-state index in [1.807, 2.05) is 32.9 Å². The fourth-order valence-electron chi connectivity index (χ4n) is 2.19. The highest BCUT2D eigenvalue weighted by molar-refractivity contribution is 7.92. The van der Waals surface area contributed by atoms with Gasteiger partial charge in [0.05, 0.1) is 10.5 Å². The molecule has 1 rings (SSSR count). The first-order chi connectivity index (χ1) is 9.08. The summed E-state index contributed by atoms with van der Waals surface area (Å²) in [6.07, 6.45) is 0. The van der Waals surface area contributed by atoms with Crippen molar-refractivity contribution in [2.24, 2.45) is 0 Å². The normalized spacial score (nSPS) is 14.3. The monoisotopic (exact) mass is 297 g/mol. The first kappa shape index (κ1) is 17.2. The molecular formula is C16H27NO2S. The molecule has 0 spiro atoms. The Hall–Kier alpha value is -0.870. The standard InChI is InChI=1S/C16H27NO2S/c1-7-17-15(11-20(18,19)16(4,5)6)14-9-8-12(2)10-13(14)3/h8-10,15,17H,7,11H2,1-6H3. The minimum atomic E-state index is -3.16. The van der Waals surface area contributed by atoms with Gasteiger partial charge < -0.3 is 5.32 Å². The highest BCUT2D eigenvalue weighted by Crippen LogP contribution is 2.25. The molecule has 0 saturated carbocycles. The van der Waals surface area contributed by atoms with E-state index in [0.29, 0.717) is 0 Å². The summed E-state index contributed by atoms with van der Waals surface area (Å²) >= 11 is 0. The lowest BCUT2D eigenvalue weighted by Gasteiger charge is -2.26. The van der Waals surface area contributed by atoms with Crippen LogP contribution < -0.4 is 5.32 Å². The van der Waals surface area contributed by atoms with E-state index in [0.717, 1.165) is 17.7 Å². The van der Waals surface area contributed by atoms with E-state index in [1.165, 1.54) is 5.56 Å². The number of sulfone groups is 1. The Bertz CT molecular complexity index is 556.